The average Bonchev–Trinajstić information content (AvgIpc) is 2.52. The SMILES string of the molecule is Cc1cc(OP(=O)(O)Oc2cc(C)c(Cl)cc2C(C)C)c(C(C)C)cc1Cl. The molecule has 0 saturated heterocycles. The zero-order valence-corrected chi connectivity index (χ0v) is 18.7. The highest BCUT2D eigenvalue weighted by Crippen LogP contribution is 2.49. The summed E-state index contributed by atoms with van der Waals surface area (Å²) in [6.45, 7) is 11.4. The quantitative estimate of drug-likeness (QED) is 0.484. The molecule has 0 amide bonds. The molecule has 7 heteroatoms. The molecule has 0 unspecified atom stereocenters. The molecule has 2 aromatic rings. The van der Waals surface area contributed by atoms with E-state index in [2.05, 4.69) is 0 Å². The largest absolute Gasteiger partial charge is 0.584 e. The Hall–Kier alpha value is -1.19. The molecule has 27 heavy (non-hydrogen) atoms. The Morgan fingerprint density at radius 2 is 1.15 bits per heavy atom. The fourth-order valence-corrected chi connectivity index (χ4v) is 3.86. The van der Waals surface area contributed by atoms with Gasteiger partial charge >= 0.3 is 7.82 Å². The Bertz CT molecular complexity index is 825. The van der Waals surface area contributed by atoms with Crippen LogP contribution in [0.15, 0.2) is 24.3 Å². The van der Waals surface area contributed by atoms with Crippen molar-refractivity contribution in [1.29, 1.82) is 0 Å². The minimum atomic E-state index is -4.43. The summed E-state index contributed by atoms with van der Waals surface area (Å²) in [5.74, 6) is 0.688. The van der Waals surface area contributed by atoms with Gasteiger partial charge in [0.2, 0.25) is 0 Å². The van der Waals surface area contributed by atoms with Crippen molar-refractivity contribution in [1.82, 2.24) is 0 Å². The third-order valence-electron chi connectivity index (χ3n) is 4.25. The minimum absolute atomic E-state index is 0.0575. The standard InChI is InChI=1S/C20H25Cl2O4P/c1-11(2)15-9-17(21)13(5)7-19(15)25-27(23,24)26-20-8-14(6)18(22)10-16(20)12(3)4/h7-12H,1-6H3,(H,23,24). The van der Waals surface area contributed by atoms with E-state index in [1.807, 2.05) is 41.5 Å². The molecule has 2 rings (SSSR count). The highest BCUT2D eigenvalue weighted by atomic mass is 35.5. The highest BCUT2D eigenvalue weighted by Gasteiger charge is 2.29. The van der Waals surface area contributed by atoms with Crippen LogP contribution in [-0.4, -0.2) is 4.89 Å². The number of hydrogen-bond acceptors (Lipinski definition) is 3. The molecule has 0 aliphatic heterocycles. The van der Waals surface area contributed by atoms with Gasteiger partial charge in [-0.25, -0.2) is 4.57 Å². The first-order valence-corrected chi connectivity index (χ1v) is 11.0. The van der Waals surface area contributed by atoms with E-state index in [1.165, 1.54) is 0 Å². The number of rotatable bonds is 6. The summed E-state index contributed by atoms with van der Waals surface area (Å²) in [6.07, 6.45) is 0. The minimum Gasteiger partial charge on any atom is -0.395 e. The van der Waals surface area contributed by atoms with E-state index in [4.69, 9.17) is 32.2 Å². The van der Waals surface area contributed by atoms with E-state index in [0.717, 1.165) is 22.3 Å². The second-order valence-electron chi connectivity index (χ2n) is 7.24. The summed E-state index contributed by atoms with van der Waals surface area (Å²) in [6, 6.07) is 6.81. The van der Waals surface area contributed by atoms with Gasteiger partial charge in [0.05, 0.1) is 0 Å². The number of phosphoric ester groups is 1. The smallest absolute Gasteiger partial charge is 0.395 e. The van der Waals surface area contributed by atoms with Crippen LogP contribution < -0.4 is 9.05 Å². The van der Waals surface area contributed by atoms with Crippen molar-refractivity contribution in [3.63, 3.8) is 0 Å². The van der Waals surface area contributed by atoms with Crippen molar-refractivity contribution in [2.75, 3.05) is 0 Å². The maximum Gasteiger partial charge on any atom is 0.584 e. The lowest BCUT2D eigenvalue weighted by Crippen LogP contribution is -2.05. The summed E-state index contributed by atoms with van der Waals surface area (Å²) in [5.41, 5.74) is 2.97. The Balaban J connectivity index is 2.41. The Kier molecular flexibility index (Phi) is 6.91. The molecule has 0 bridgehead atoms. The number of benzene rings is 2. The molecule has 0 aliphatic rings. The van der Waals surface area contributed by atoms with Gasteiger partial charge in [-0.3, -0.25) is 4.89 Å². The molecule has 1 N–H and O–H groups in total. The summed E-state index contributed by atoms with van der Waals surface area (Å²) < 4.78 is 23.6. The lowest BCUT2D eigenvalue weighted by atomic mass is 10.0. The summed E-state index contributed by atoms with van der Waals surface area (Å²) in [5, 5.41) is 1.16. The third kappa shape index (κ3) is 5.42. The first kappa shape index (κ1) is 22.1. The van der Waals surface area contributed by atoms with Crippen LogP contribution in [0.25, 0.3) is 0 Å². The van der Waals surface area contributed by atoms with E-state index < -0.39 is 7.82 Å². The van der Waals surface area contributed by atoms with E-state index in [0.29, 0.717) is 10.0 Å². The number of hydrogen-bond donors (Lipinski definition) is 1. The predicted octanol–water partition coefficient (Wildman–Crippen LogP) is 7.42. The van der Waals surface area contributed by atoms with Gasteiger partial charge in [0.1, 0.15) is 11.5 Å². The van der Waals surface area contributed by atoms with Gasteiger partial charge in [0.25, 0.3) is 0 Å². The van der Waals surface area contributed by atoms with Crippen molar-refractivity contribution < 1.29 is 18.5 Å². The predicted molar refractivity (Wildman–Crippen MR) is 112 cm³/mol. The molecule has 0 fully saturated rings. The third-order valence-corrected chi connectivity index (χ3v) is 5.92. The maximum absolute atomic E-state index is 12.7. The van der Waals surface area contributed by atoms with E-state index in [-0.39, 0.29) is 23.3 Å². The van der Waals surface area contributed by atoms with Crippen LogP contribution in [-0.2, 0) is 4.57 Å². The summed E-state index contributed by atoms with van der Waals surface area (Å²) in [4.78, 5) is 10.4. The zero-order chi connectivity index (χ0) is 20.5. The van der Waals surface area contributed by atoms with E-state index >= 15 is 0 Å². The molecule has 0 heterocycles. The van der Waals surface area contributed by atoms with Crippen LogP contribution in [0.2, 0.25) is 10.0 Å². The lowest BCUT2D eigenvalue weighted by Gasteiger charge is -2.21. The van der Waals surface area contributed by atoms with Gasteiger partial charge in [0.15, 0.2) is 0 Å². The molecule has 148 valence electrons. The van der Waals surface area contributed by atoms with E-state index in [9.17, 15) is 9.46 Å². The summed E-state index contributed by atoms with van der Waals surface area (Å²) >= 11 is 12.4. The van der Waals surface area contributed by atoms with Crippen LogP contribution in [0.4, 0.5) is 0 Å². The molecular weight excluding hydrogens is 406 g/mol. The van der Waals surface area contributed by atoms with Gasteiger partial charge in [0, 0.05) is 10.0 Å². The Morgan fingerprint density at radius 3 is 1.44 bits per heavy atom. The molecule has 0 saturated carbocycles. The Morgan fingerprint density at radius 1 is 0.815 bits per heavy atom. The van der Waals surface area contributed by atoms with Gasteiger partial charge in [-0.05, 0) is 72.2 Å². The Labute approximate surface area is 171 Å². The van der Waals surface area contributed by atoms with Gasteiger partial charge in [-0.2, -0.15) is 0 Å². The fraction of sp³-hybridized carbons (Fsp3) is 0.400. The van der Waals surface area contributed by atoms with Crippen LogP contribution in [0.3, 0.4) is 0 Å². The van der Waals surface area contributed by atoms with Crippen LogP contribution in [0, 0.1) is 13.8 Å². The first-order chi connectivity index (χ1) is 12.4. The molecular formula is C20H25Cl2O4P. The van der Waals surface area contributed by atoms with Crippen molar-refractivity contribution in [2.45, 2.75) is 53.4 Å². The molecule has 0 atom stereocenters. The molecule has 0 aromatic heterocycles. The van der Waals surface area contributed by atoms with Crippen molar-refractivity contribution >= 4 is 31.0 Å². The topological polar surface area (TPSA) is 55.8 Å². The average molecular weight is 431 g/mol. The lowest BCUT2D eigenvalue weighted by molar-refractivity contribution is 0.288. The second kappa shape index (κ2) is 8.45. The van der Waals surface area contributed by atoms with Crippen LogP contribution >= 0.6 is 31.0 Å². The summed E-state index contributed by atoms with van der Waals surface area (Å²) in [7, 11) is -4.43. The van der Waals surface area contributed by atoms with Gasteiger partial charge in [-0.1, -0.05) is 50.9 Å². The monoisotopic (exact) mass is 430 g/mol. The molecule has 4 nitrogen and oxygen atoms in total. The number of phosphoric acid groups is 1. The molecule has 2 aromatic carbocycles. The van der Waals surface area contributed by atoms with Crippen LogP contribution in [0.1, 0.15) is 61.8 Å². The fourth-order valence-electron chi connectivity index (χ4n) is 2.67. The zero-order valence-electron chi connectivity index (χ0n) is 16.3. The van der Waals surface area contributed by atoms with Crippen LogP contribution in [0.5, 0.6) is 11.5 Å². The van der Waals surface area contributed by atoms with Gasteiger partial charge < -0.3 is 9.05 Å². The molecule has 0 spiro atoms. The normalized spacial score (nSPS) is 12.0. The van der Waals surface area contributed by atoms with Gasteiger partial charge in [-0.15, -0.1) is 0 Å². The van der Waals surface area contributed by atoms with Crippen molar-refractivity contribution in [3.8, 4) is 11.5 Å². The number of aryl methyl sites for hydroxylation is 2. The first-order valence-electron chi connectivity index (χ1n) is 8.73. The molecule has 0 radical (unpaired) electrons. The van der Waals surface area contributed by atoms with Crippen molar-refractivity contribution in [2.24, 2.45) is 0 Å². The van der Waals surface area contributed by atoms with Crippen molar-refractivity contribution in [3.05, 3.63) is 56.6 Å². The maximum atomic E-state index is 12.7. The second-order valence-corrected chi connectivity index (χ2v) is 9.36. The molecule has 0 aliphatic carbocycles. The highest BCUT2D eigenvalue weighted by molar-refractivity contribution is 7.48. The van der Waals surface area contributed by atoms with E-state index in [1.54, 1.807) is 24.3 Å². The number of halogens is 2.